The molecule has 1 saturated heterocycles. The van der Waals surface area contributed by atoms with Crippen LogP contribution in [0, 0.1) is 0 Å². The summed E-state index contributed by atoms with van der Waals surface area (Å²) in [5.41, 5.74) is 1.37. The lowest BCUT2D eigenvalue weighted by Gasteiger charge is -2.22. The molecule has 128 valence electrons. The predicted octanol–water partition coefficient (Wildman–Crippen LogP) is 2.20. The standard InChI is InChI=1S/C18H23N3O3/c22-16-7-4-12-21(16)15-10-8-14(9-11-15)20-18(24)17(23)19-13-5-2-1-3-6-13/h8-11,13H,1-7,12H2,(H,19,23)(H,20,24). The van der Waals surface area contributed by atoms with Crippen LogP contribution in [0.15, 0.2) is 24.3 Å². The molecule has 0 bridgehead atoms. The summed E-state index contributed by atoms with van der Waals surface area (Å²) < 4.78 is 0. The summed E-state index contributed by atoms with van der Waals surface area (Å²) in [7, 11) is 0. The van der Waals surface area contributed by atoms with Crippen LogP contribution in [0.4, 0.5) is 11.4 Å². The monoisotopic (exact) mass is 329 g/mol. The third-order valence-corrected chi connectivity index (χ3v) is 4.66. The van der Waals surface area contributed by atoms with Crippen molar-refractivity contribution in [2.24, 2.45) is 0 Å². The molecule has 3 amide bonds. The number of carbonyl (C=O) groups is 3. The van der Waals surface area contributed by atoms with Gasteiger partial charge >= 0.3 is 11.8 Å². The maximum atomic E-state index is 12.0. The molecule has 1 saturated carbocycles. The van der Waals surface area contributed by atoms with Crippen LogP contribution in [0.2, 0.25) is 0 Å². The van der Waals surface area contributed by atoms with Gasteiger partial charge in [0.25, 0.3) is 0 Å². The Hall–Kier alpha value is -2.37. The van der Waals surface area contributed by atoms with Crippen LogP contribution < -0.4 is 15.5 Å². The molecular weight excluding hydrogens is 306 g/mol. The molecule has 0 unspecified atom stereocenters. The van der Waals surface area contributed by atoms with E-state index < -0.39 is 11.8 Å². The van der Waals surface area contributed by atoms with Gasteiger partial charge in [0.05, 0.1) is 0 Å². The summed E-state index contributed by atoms with van der Waals surface area (Å²) in [6, 6.07) is 7.12. The Kier molecular flexibility index (Phi) is 5.13. The molecule has 2 N–H and O–H groups in total. The van der Waals surface area contributed by atoms with Gasteiger partial charge < -0.3 is 15.5 Å². The number of hydrogen-bond donors (Lipinski definition) is 2. The highest BCUT2D eigenvalue weighted by molar-refractivity contribution is 6.39. The summed E-state index contributed by atoms with van der Waals surface area (Å²) in [6.45, 7) is 0.730. The minimum absolute atomic E-state index is 0.112. The van der Waals surface area contributed by atoms with Crippen LogP contribution in [0.5, 0.6) is 0 Å². The second kappa shape index (κ2) is 7.47. The van der Waals surface area contributed by atoms with E-state index in [9.17, 15) is 14.4 Å². The number of hydrogen-bond acceptors (Lipinski definition) is 3. The van der Waals surface area contributed by atoms with E-state index in [2.05, 4.69) is 10.6 Å². The Morgan fingerprint density at radius 1 is 0.958 bits per heavy atom. The SMILES string of the molecule is O=C(Nc1ccc(N2CCCC2=O)cc1)C(=O)NC1CCCCC1. The fourth-order valence-corrected chi connectivity index (χ4v) is 3.33. The zero-order valence-corrected chi connectivity index (χ0v) is 13.7. The predicted molar refractivity (Wildman–Crippen MR) is 91.7 cm³/mol. The van der Waals surface area contributed by atoms with E-state index in [1.807, 2.05) is 0 Å². The number of benzene rings is 1. The van der Waals surface area contributed by atoms with E-state index in [1.54, 1.807) is 29.2 Å². The van der Waals surface area contributed by atoms with Crippen molar-refractivity contribution in [1.82, 2.24) is 5.32 Å². The molecule has 0 atom stereocenters. The number of nitrogens with zero attached hydrogens (tertiary/aromatic N) is 1. The van der Waals surface area contributed by atoms with Crippen LogP contribution in [-0.2, 0) is 14.4 Å². The van der Waals surface area contributed by atoms with Crippen LogP contribution in [0.1, 0.15) is 44.9 Å². The highest BCUT2D eigenvalue weighted by Crippen LogP contribution is 2.23. The van der Waals surface area contributed by atoms with E-state index in [4.69, 9.17) is 0 Å². The molecule has 1 aromatic rings. The van der Waals surface area contributed by atoms with Crippen molar-refractivity contribution in [3.05, 3.63) is 24.3 Å². The lowest BCUT2D eigenvalue weighted by molar-refractivity contribution is -0.136. The summed E-state index contributed by atoms with van der Waals surface area (Å²) in [6.07, 6.45) is 6.74. The summed E-state index contributed by atoms with van der Waals surface area (Å²) in [5, 5.41) is 5.40. The number of anilines is 2. The van der Waals surface area contributed by atoms with Gasteiger partial charge in [0.15, 0.2) is 0 Å². The zero-order valence-electron chi connectivity index (χ0n) is 13.7. The van der Waals surface area contributed by atoms with Gasteiger partial charge in [-0.1, -0.05) is 19.3 Å². The average Bonchev–Trinajstić information content (AvgIpc) is 3.02. The van der Waals surface area contributed by atoms with E-state index in [0.717, 1.165) is 44.3 Å². The molecule has 0 spiro atoms. The molecule has 6 heteroatoms. The van der Waals surface area contributed by atoms with Crippen molar-refractivity contribution in [3.8, 4) is 0 Å². The Labute approximate surface area is 141 Å². The fourth-order valence-electron chi connectivity index (χ4n) is 3.33. The molecule has 0 aromatic heterocycles. The Morgan fingerprint density at radius 2 is 1.67 bits per heavy atom. The highest BCUT2D eigenvalue weighted by atomic mass is 16.2. The molecule has 2 fully saturated rings. The summed E-state index contributed by atoms with van der Waals surface area (Å²) in [5.74, 6) is -1.11. The first kappa shape index (κ1) is 16.5. The Balaban J connectivity index is 1.54. The van der Waals surface area contributed by atoms with Crippen molar-refractivity contribution < 1.29 is 14.4 Å². The number of carbonyl (C=O) groups excluding carboxylic acids is 3. The molecule has 24 heavy (non-hydrogen) atoms. The number of rotatable bonds is 3. The molecule has 1 aromatic carbocycles. The molecule has 0 radical (unpaired) electrons. The van der Waals surface area contributed by atoms with Crippen molar-refractivity contribution in [3.63, 3.8) is 0 Å². The van der Waals surface area contributed by atoms with E-state index in [-0.39, 0.29) is 11.9 Å². The van der Waals surface area contributed by atoms with Crippen molar-refractivity contribution in [2.45, 2.75) is 51.0 Å². The van der Waals surface area contributed by atoms with Crippen LogP contribution in [0.25, 0.3) is 0 Å². The van der Waals surface area contributed by atoms with Crippen LogP contribution >= 0.6 is 0 Å². The van der Waals surface area contributed by atoms with Gasteiger partial charge in [-0.2, -0.15) is 0 Å². The van der Waals surface area contributed by atoms with Gasteiger partial charge in [-0.25, -0.2) is 0 Å². The largest absolute Gasteiger partial charge is 0.345 e. The fraction of sp³-hybridized carbons (Fsp3) is 0.500. The maximum Gasteiger partial charge on any atom is 0.313 e. The van der Waals surface area contributed by atoms with Crippen molar-refractivity contribution in [1.29, 1.82) is 0 Å². The molecule has 6 nitrogen and oxygen atoms in total. The van der Waals surface area contributed by atoms with Gasteiger partial charge in [-0.05, 0) is 43.5 Å². The minimum Gasteiger partial charge on any atom is -0.345 e. The van der Waals surface area contributed by atoms with E-state index >= 15 is 0 Å². The van der Waals surface area contributed by atoms with Crippen molar-refractivity contribution >= 4 is 29.1 Å². The molecule has 2 aliphatic rings. The first-order chi connectivity index (χ1) is 11.6. The highest BCUT2D eigenvalue weighted by Gasteiger charge is 2.22. The molecule has 1 heterocycles. The van der Waals surface area contributed by atoms with Crippen LogP contribution in [0.3, 0.4) is 0 Å². The van der Waals surface area contributed by atoms with Gasteiger partial charge in [0, 0.05) is 30.4 Å². The lowest BCUT2D eigenvalue weighted by Crippen LogP contribution is -2.42. The van der Waals surface area contributed by atoms with Crippen LogP contribution in [-0.4, -0.2) is 30.3 Å². The Morgan fingerprint density at radius 3 is 2.29 bits per heavy atom. The normalized spacial score (nSPS) is 18.5. The van der Waals surface area contributed by atoms with Gasteiger partial charge in [-0.3, -0.25) is 14.4 Å². The molecular formula is C18H23N3O3. The van der Waals surface area contributed by atoms with Gasteiger partial charge in [-0.15, -0.1) is 0 Å². The number of amides is 3. The Bertz CT molecular complexity index is 621. The molecule has 1 aliphatic heterocycles. The quantitative estimate of drug-likeness (QED) is 0.835. The van der Waals surface area contributed by atoms with Gasteiger partial charge in [0.2, 0.25) is 5.91 Å². The summed E-state index contributed by atoms with van der Waals surface area (Å²) in [4.78, 5) is 37.4. The second-order valence-electron chi connectivity index (χ2n) is 6.46. The second-order valence-corrected chi connectivity index (χ2v) is 6.46. The summed E-state index contributed by atoms with van der Waals surface area (Å²) >= 11 is 0. The minimum atomic E-state index is -0.648. The number of nitrogens with one attached hydrogen (secondary N) is 2. The average molecular weight is 329 g/mol. The zero-order chi connectivity index (χ0) is 16.9. The third-order valence-electron chi connectivity index (χ3n) is 4.66. The first-order valence-electron chi connectivity index (χ1n) is 8.66. The topological polar surface area (TPSA) is 78.5 Å². The van der Waals surface area contributed by atoms with Crippen molar-refractivity contribution in [2.75, 3.05) is 16.8 Å². The third kappa shape index (κ3) is 3.93. The molecule has 1 aliphatic carbocycles. The van der Waals surface area contributed by atoms with E-state index in [0.29, 0.717) is 12.1 Å². The van der Waals surface area contributed by atoms with Gasteiger partial charge in [0.1, 0.15) is 0 Å². The van der Waals surface area contributed by atoms with E-state index in [1.165, 1.54) is 6.42 Å². The maximum absolute atomic E-state index is 12.0. The first-order valence-corrected chi connectivity index (χ1v) is 8.66. The molecule has 3 rings (SSSR count). The lowest BCUT2D eigenvalue weighted by atomic mass is 9.95. The smallest absolute Gasteiger partial charge is 0.313 e.